The molecule has 6 heteroatoms. The minimum atomic E-state index is -0.394. The van der Waals surface area contributed by atoms with Crippen LogP contribution in [0.25, 0.3) is 0 Å². The number of nitrogens with zero attached hydrogens (tertiary/aromatic N) is 3. The van der Waals surface area contributed by atoms with Gasteiger partial charge in [-0.05, 0) is 33.5 Å². The Balaban J connectivity index is 1.78. The number of likely N-dealkylation sites (N-methyl/N-ethyl adjacent to an activating group) is 1. The van der Waals surface area contributed by atoms with Gasteiger partial charge < -0.3 is 15.1 Å². The van der Waals surface area contributed by atoms with E-state index in [1.54, 1.807) is 6.20 Å². The maximum atomic E-state index is 13.0. The van der Waals surface area contributed by atoms with Gasteiger partial charge in [0.15, 0.2) is 0 Å². The number of aromatic amines is 1. The Hall–Kier alpha value is -2.34. The lowest BCUT2D eigenvalue weighted by Crippen LogP contribution is -2.48. The van der Waals surface area contributed by atoms with Gasteiger partial charge in [0.25, 0.3) is 0 Å². The van der Waals surface area contributed by atoms with Crippen LogP contribution in [-0.4, -0.2) is 46.7 Å². The molecular formula is C18H25N5O. The average Bonchev–Trinajstić information content (AvgIpc) is 3.09. The molecule has 3 rings (SSSR count). The smallest absolute Gasteiger partial charge is 0.318 e. The molecule has 1 unspecified atom stereocenters. The van der Waals surface area contributed by atoms with E-state index in [1.165, 1.54) is 0 Å². The van der Waals surface area contributed by atoms with Crippen molar-refractivity contribution < 1.29 is 4.79 Å². The minimum absolute atomic E-state index is 0.0541. The van der Waals surface area contributed by atoms with Crippen molar-refractivity contribution in [1.29, 1.82) is 0 Å². The summed E-state index contributed by atoms with van der Waals surface area (Å²) in [5.41, 5.74) is 2.81. The monoisotopic (exact) mass is 327 g/mol. The quantitative estimate of drug-likeness (QED) is 0.907. The molecule has 0 spiro atoms. The molecule has 0 radical (unpaired) electrons. The van der Waals surface area contributed by atoms with E-state index in [0.29, 0.717) is 6.54 Å². The van der Waals surface area contributed by atoms with Crippen LogP contribution >= 0.6 is 0 Å². The van der Waals surface area contributed by atoms with Gasteiger partial charge in [-0.25, -0.2) is 4.79 Å². The minimum Gasteiger partial charge on any atom is -0.330 e. The van der Waals surface area contributed by atoms with Gasteiger partial charge in [0.1, 0.15) is 0 Å². The predicted molar refractivity (Wildman–Crippen MR) is 93.4 cm³/mol. The van der Waals surface area contributed by atoms with E-state index in [-0.39, 0.29) is 12.1 Å². The summed E-state index contributed by atoms with van der Waals surface area (Å²) >= 11 is 0. The molecule has 128 valence electrons. The number of rotatable bonds is 4. The number of hydrogen-bond donors (Lipinski definition) is 2. The third-order valence-corrected chi connectivity index (χ3v) is 4.63. The zero-order chi connectivity index (χ0) is 17.3. The van der Waals surface area contributed by atoms with Crippen LogP contribution in [0.1, 0.15) is 36.7 Å². The SMILES string of the molecule is CN(C)CC(NC(=O)N1Cc2cn[nH]c2C1(C)C)c1ccccc1. The third kappa shape index (κ3) is 3.01. The molecule has 0 saturated heterocycles. The maximum Gasteiger partial charge on any atom is 0.318 e. The van der Waals surface area contributed by atoms with Gasteiger partial charge in [-0.2, -0.15) is 5.10 Å². The van der Waals surface area contributed by atoms with Gasteiger partial charge in [-0.1, -0.05) is 30.3 Å². The number of nitrogens with one attached hydrogen (secondary N) is 2. The van der Waals surface area contributed by atoms with Gasteiger partial charge in [0.05, 0.1) is 30.0 Å². The topological polar surface area (TPSA) is 64.3 Å². The Kier molecular flexibility index (Phi) is 4.32. The maximum absolute atomic E-state index is 13.0. The molecule has 2 heterocycles. The Labute approximate surface area is 142 Å². The van der Waals surface area contributed by atoms with E-state index in [1.807, 2.05) is 51.0 Å². The summed E-state index contributed by atoms with van der Waals surface area (Å²) in [6.07, 6.45) is 1.80. The predicted octanol–water partition coefficient (Wildman–Crippen LogP) is 2.47. The lowest BCUT2D eigenvalue weighted by molar-refractivity contribution is 0.137. The molecule has 0 bridgehead atoms. The standard InChI is InChI=1S/C18H25N5O/c1-18(2)16-14(10-19-21-16)11-23(18)17(24)20-15(12-22(3)4)13-8-6-5-7-9-13/h5-10,15H,11-12H2,1-4H3,(H,19,21)(H,20,24). The van der Waals surface area contributed by atoms with Crippen LogP contribution in [0.5, 0.6) is 0 Å². The van der Waals surface area contributed by atoms with Crippen molar-refractivity contribution in [2.24, 2.45) is 0 Å². The number of H-pyrrole nitrogens is 1. The van der Waals surface area contributed by atoms with E-state index in [9.17, 15) is 4.79 Å². The molecule has 1 atom stereocenters. The average molecular weight is 327 g/mol. The highest BCUT2D eigenvalue weighted by Crippen LogP contribution is 2.37. The van der Waals surface area contributed by atoms with E-state index >= 15 is 0 Å². The Morgan fingerprint density at radius 1 is 1.38 bits per heavy atom. The largest absolute Gasteiger partial charge is 0.330 e. The normalized spacial score (nSPS) is 17.0. The van der Waals surface area contributed by atoms with Crippen molar-refractivity contribution in [3.63, 3.8) is 0 Å². The van der Waals surface area contributed by atoms with Gasteiger partial charge in [-0.3, -0.25) is 5.10 Å². The number of urea groups is 1. The van der Waals surface area contributed by atoms with Crippen molar-refractivity contribution in [3.05, 3.63) is 53.3 Å². The summed E-state index contributed by atoms with van der Waals surface area (Å²) in [7, 11) is 4.02. The van der Waals surface area contributed by atoms with Crippen molar-refractivity contribution in [2.75, 3.05) is 20.6 Å². The molecule has 2 amide bonds. The molecule has 2 N–H and O–H groups in total. The Morgan fingerprint density at radius 3 is 2.71 bits per heavy atom. The number of carbonyl (C=O) groups is 1. The van der Waals surface area contributed by atoms with Crippen LogP contribution in [0.15, 0.2) is 36.5 Å². The van der Waals surface area contributed by atoms with Crippen molar-refractivity contribution >= 4 is 6.03 Å². The molecular weight excluding hydrogens is 302 g/mol. The van der Waals surface area contributed by atoms with Crippen LogP contribution < -0.4 is 5.32 Å². The highest BCUT2D eigenvalue weighted by molar-refractivity contribution is 5.77. The van der Waals surface area contributed by atoms with Crippen molar-refractivity contribution in [2.45, 2.75) is 32.0 Å². The highest BCUT2D eigenvalue weighted by Gasteiger charge is 2.42. The van der Waals surface area contributed by atoms with Gasteiger partial charge in [-0.15, -0.1) is 0 Å². The highest BCUT2D eigenvalue weighted by atomic mass is 16.2. The first-order valence-corrected chi connectivity index (χ1v) is 8.20. The molecule has 24 heavy (non-hydrogen) atoms. The van der Waals surface area contributed by atoms with E-state index in [0.717, 1.165) is 23.4 Å². The Bertz CT molecular complexity index is 707. The molecule has 1 aromatic heterocycles. The number of amides is 2. The number of carbonyl (C=O) groups excluding carboxylic acids is 1. The van der Waals surface area contributed by atoms with E-state index in [2.05, 4.69) is 32.5 Å². The van der Waals surface area contributed by atoms with E-state index < -0.39 is 5.54 Å². The van der Waals surface area contributed by atoms with Crippen LogP contribution in [0.2, 0.25) is 0 Å². The summed E-state index contributed by atoms with van der Waals surface area (Å²) < 4.78 is 0. The van der Waals surface area contributed by atoms with Gasteiger partial charge in [0, 0.05) is 12.1 Å². The number of fused-ring (bicyclic) bond motifs is 1. The van der Waals surface area contributed by atoms with Crippen LogP contribution in [0, 0.1) is 0 Å². The van der Waals surface area contributed by atoms with Crippen LogP contribution in [0.4, 0.5) is 4.79 Å². The third-order valence-electron chi connectivity index (χ3n) is 4.63. The molecule has 0 aliphatic carbocycles. The van der Waals surface area contributed by atoms with Crippen molar-refractivity contribution in [1.82, 2.24) is 25.3 Å². The van der Waals surface area contributed by atoms with Crippen molar-refractivity contribution in [3.8, 4) is 0 Å². The number of hydrogen-bond acceptors (Lipinski definition) is 3. The summed E-state index contributed by atoms with van der Waals surface area (Å²) in [4.78, 5) is 16.9. The second-order valence-electron chi connectivity index (χ2n) is 7.09. The van der Waals surface area contributed by atoms with Crippen LogP contribution in [0.3, 0.4) is 0 Å². The number of benzene rings is 1. The van der Waals surface area contributed by atoms with E-state index in [4.69, 9.17) is 0 Å². The molecule has 6 nitrogen and oxygen atoms in total. The molecule has 1 aliphatic rings. The molecule has 2 aromatic rings. The zero-order valence-corrected chi connectivity index (χ0v) is 14.7. The van der Waals surface area contributed by atoms with Gasteiger partial charge in [0.2, 0.25) is 0 Å². The summed E-state index contributed by atoms with van der Waals surface area (Å²) in [6.45, 7) is 5.41. The molecule has 0 fully saturated rings. The first-order valence-electron chi connectivity index (χ1n) is 8.20. The lowest BCUT2D eigenvalue weighted by Gasteiger charge is -2.34. The molecule has 1 aliphatic heterocycles. The van der Waals surface area contributed by atoms with Gasteiger partial charge >= 0.3 is 6.03 Å². The Morgan fingerprint density at radius 2 is 2.08 bits per heavy atom. The first-order chi connectivity index (χ1) is 11.4. The second kappa shape index (κ2) is 6.28. The van der Waals surface area contributed by atoms with Crippen LogP contribution in [-0.2, 0) is 12.1 Å². The number of aromatic nitrogens is 2. The summed E-state index contributed by atoms with van der Waals surface area (Å²) in [6, 6.07) is 9.98. The zero-order valence-electron chi connectivity index (χ0n) is 14.7. The molecule has 0 saturated carbocycles. The fourth-order valence-electron chi connectivity index (χ4n) is 3.30. The lowest BCUT2D eigenvalue weighted by atomic mass is 10.0. The fourth-order valence-corrected chi connectivity index (χ4v) is 3.30. The summed E-state index contributed by atoms with van der Waals surface area (Å²) in [5.74, 6) is 0. The fraction of sp³-hybridized carbons (Fsp3) is 0.444. The second-order valence-corrected chi connectivity index (χ2v) is 7.09. The first kappa shape index (κ1) is 16.5. The molecule has 1 aromatic carbocycles. The summed E-state index contributed by atoms with van der Waals surface area (Å²) in [5, 5.41) is 10.3.